The van der Waals surface area contributed by atoms with Crippen molar-refractivity contribution in [2.45, 2.75) is 20.3 Å². The van der Waals surface area contributed by atoms with Crippen molar-refractivity contribution >= 4 is 6.21 Å². The van der Waals surface area contributed by atoms with E-state index in [4.69, 9.17) is 14.2 Å². The molecule has 3 rings (SSSR count). The highest BCUT2D eigenvalue weighted by Gasteiger charge is 2.06. The van der Waals surface area contributed by atoms with Crippen molar-refractivity contribution < 1.29 is 14.2 Å². The van der Waals surface area contributed by atoms with Gasteiger partial charge < -0.3 is 14.2 Å². The standard InChI is InChI=1S/C21H24N4O3/c1-4-17-9-16(2)10-19(11-17)27-7-8-28-20-6-5-18(12-21(20)26-3)13-24-25-14-22-23-15-25/h5-6,9-15H,4,7-8H2,1-3H3/b24-13-. The molecule has 0 aliphatic heterocycles. The van der Waals surface area contributed by atoms with E-state index in [1.165, 1.54) is 28.5 Å². The molecule has 0 unspecified atom stereocenters. The number of hydrogen-bond donors (Lipinski definition) is 0. The molecular formula is C21H24N4O3. The number of aromatic nitrogens is 3. The van der Waals surface area contributed by atoms with Crippen molar-refractivity contribution in [3.63, 3.8) is 0 Å². The second kappa shape index (κ2) is 9.55. The van der Waals surface area contributed by atoms with Crippen molar-refractivity contribution in [1.29, 1.82) is 0 Å². The van der Waals surface area contributed by atoms with Gasteiger partial charge in [-0.3, -0.25) is 0 Å². The summed E-state index contributed by atoms with van der Waals surface area (Å²) in [5, 5.41) is 11.6. The number of hydrogen-bond acceptors (Lipinski definition) is 6. The molecule has 146 valence electrons. The molecule has 0 spiro atoms. The summed E-state index contributed by atoms with van der Waals surface area (Å²) in [6.07, 6.45) is 5.71. The summed E-state index contributed by atoms with van der Waals surface area (Å²) >= 11 is 0. The molecule has 0 radical (unpaired) electrons. The Labute approximate surface area is 164 Å². The van der Waals surface area contributed by atoms with E-state index in [-0.39, 0.29) is 0 Å². The molecule has 28 heavy (non-hydrogen) atoms. The van der Waals surface area contributed by atoms with Crippen LogP contribution >= 0.6 is 0 Å². The summed E-state index contributed by atoms with van der Waals surface area (Å²) in [5.74, 6) is 2.16. The molecule has 0 saturated heterocycles. The molecule has 0 N–H and O–H groups in total. The molecule has 0 fully saturated rings. The van der Waals surface area contributed by atoms with Gasteiger partial charge in [0, 0.05) is 0 Å². The second-order valence-corrected chi connectivity index (χ2v) is 6.20. The zero-order chi connectivity index (χ0) is 19.8. The van der Waals surface area contributed by atoms with Crippen LogP contribution in [0.4, 0.5) is 0 Å². The first-order valence-corrected chi connectivity index (χ1v) is 9.11. The SMILES string of the molecule is CCc1cc(C)cc(OCCOc2ccc(/C=N\n3cnnc3)cc2OC)c1. The molecule has 0 amide bonds. The average molecular weight is 380 g/mol. The molecule has 7 heteroatoms. The minimum absolute atomic E-state index is 0.417. The first-order valence-electron chi connectivity index (χ1n) is 9.11. The molecule has 0 atom stereocenters. The lowest BCUT2D eigenvalue weighted by Gasteiger charge is -2.13. The fraction of sp³-hybridized carbons (Fsp3) is 0.286. The minimum Gasteiger partial charge on any atom is -0.493 e. The zero-order valence-electron chi connectivity index (χ0n) is 16.3. The van der Waals surface area contributed by atoms with E-state index < -0.39 is 0 Å². The van der Waals surface area contributed by atoms with Gasteiger partial charge in [0.15, 0.2) is 11.5 Å². The highest BCUT2D eigenvalue weighted by atomic mass is 16.5. The van der Waals surface area contributed by atoms with Crippen LogP contribution in [0, 0.1) is 6.92 Å². The third-order valence-electron chi connectivity index (χ3n) is 4.06. The highest BCUT2D eigenvalue weighted by Crippen LogP contribution is 2.27. The summed E-state index contributed by atoms with van der Waals surface area (Å²) in [4.78, 5) is 0. The number of aryl methyl sites for hydroxylation is 2. The fourth-order valence-corrected chi connectivity index (χ4v) is 2.70. The third kappa shape index (κ3) is 5.33. The Morgan fingerprint density at radius 2 is 1.79 bits per heavy atom. The molecule has 7 nitrogen and oxygen atoms in total. The third-order valence-corrected chi connectivity index (χ3v) is 4.06. The van der Waals surface area contributed by atoms with Crippen molar-refractivity contribution in [3.8, 4) is 17.2 Å². The maximum atomic E-state index is 5.83. The minimum atomic E-state index is 0.417. The van der Waals surface area contributed by atoms with Crippen molar-refractivity contribution in [3.05, 3.63) is 65.7 Å². The van der Waals surface area contributed by atoms with Crippen LogP contribution in [0.5, 0.6) is 17.2 Å². The summed E-state index contributed by atoms with van der Waals surface area (Å²) in [5.41, 5.74) is 3.34. The Balaban J connectivity index is 1.56. The molecule has 0 aliphatic carbocycles. The maximum absolute atomic E-state index is 5.83. The lowest BCUT2D eigenvalue weighted by Crippen LogP contribution is -2.10. The smallest absolute Gasteiger partial charge is 0.161 e. The Morgan fingerprint density at radius 3 is 2.54 bits per heavy atom. The molecule has 3 aromatic rings. The van der Waals surface area contributed by atoms with E-state index in [2.05, 4.69) is 41.3 Å². The van der Waals surface area contributed by atoms with E-state index in [1.54, 1.807) is 13.3 Å². The molecule has 1 heterocycles. The summed E-state index contributed by atoms with van der Waals surface area (Å²) in [6, 6.07) is 11.9. The predicted octanol–water partition coefficient (Wildman–Crippen LogP) is 3.50. The van der Waals surface area contributed by atoms with Crippen LogP contribution in [0.15, 0.2) is 54.2 Å². The number of nitrogens with zero attached hydrogens (tertiary/aromatic N) is 4. The van der Waals surface area contributed by atoms with Crippen molar-refractivity contribution in [2.75, 3.05) is 20.3 Å². The second-order valence-electron chi connectivity index (χ2n) is 6.20. The number of ether oxygens (including phenoxy) is 3. The Hall–Kier alpha value is -3.35. The maximum Gasteiger partial charge on any atom is 0.161 e. The van der Waals surface area contributed by atoms with E-state index in [1.807, 2.05) is 24.3 Å². The Kier molecular flexibility index (Phi) is 6.62. The fourth-order valence-electron chi connectivity index (χ4n) is 2.70. The predicted molar refractivity (Wildman–Crippen MR) is 108 cm³/mol. The lowest BCUT2D eigenvalue weighted by atomic mass is 10.1. The number of benzene rings is 2. The zero-order valence-corrected chi connectivity index (χ0v) is 16.3. The molecule has 0 bridgehead atoms. The largest absolute Gasteiger partial charge is 0.493 e. The van der Waals surface area contributed by atoms with Gasteiger partial charge in [0.1, 0.15) is 31.6 Å². The van der Waals surface area contributed by atoms with Crippen LogP contribution < -0.4 is 14.2 Å². The van der Waals surface area contributed by atoms with Gasteiger partial charge in [-0.15, -0.1) is 10.2 Å². The average Bonchev–Trinajstić information content (AvgIpc) is 3.23. The van der Waals surface area contributed by atoms with Crippen LogP contribution in [0.1, 0.15) is 23.6 Å². The normalized spacial score (nSPS) is 11.0. The van der Waals surface area contributed by atoms with Gasteiger partial charge >= 0.3 is 0 Å². The van der Waals surface area contributed by atoms with Crippen molar-refractivity contribution in [1.82, 2.24) is 14.9 Å². The van der Waals surface area contributed by atoms with E-state index in [0.717, 1.165) is 17.7 Å². The lowest BCUT2D eigenvalue weighted by molar-refractivity contribution is 0.211. The van der Waals surface area contributed by atoms with Crippen LogP contribution in [-0.2, 0) is 6.42 Å². The van der Waals surface area contributed by atoms with Crippen LogP contribution in [-0.4, -0.2) is 41.4 Å². The first-order chi connectivity index (χ1) is 13.7. The quantitative estimate of drug-likeness (QED) is 0.420. The highest BCUT2D eigenvalue weighted by molar-refractivity contribution is 5.80. The van der Waals surface area contributed by atoms with Gasteiger partial charge in [-0.1, -0.05) is 13.0 Å². The first kappa shape index (κ1) is 19.4. The van der Waals surface area contributed by atoms with Gasteiger partial charge in [-0.05, 0) is 60.4 Å². The van der Waals surface area contributed by atoms with Gasteiger partial charge in [0.25, 0.3) is 0 Å². The summed E-state index contributed by atoms with van der Waals surface area (Å²) < 4.78 is 18.6. The van der Waals surface area contributed by atoms with Gasteiger partial charge in [-0.2, -0.15) is 5.10 Å². The summed E-state index contributed by atoms with van der Waals surface area (Å²) in [6.45, 7) is 5.07. The van der Waals surface area contributed by atoms with Gasteiger partial charge in [-0.25, -0.2) is 4.68 Å². The van der Waals surface area contributed by atoms with E-state index >= 15 is 0 Å². The van der Waals surface area contributed by atoms with Crippen molar-refractivity contribution in [2.24, 2.45) is 5.10 Å². The molecular weight excluding hydrogens is 356 g/mol. The van der Waals surface area contributed by atoms with Crippen LogP contribution in [0.25, 0.3) is 0 Å². The summed E-state index contributed by atoms with van der Waals surface area (Å²) in [7, 11) is 1.61. The number of methoxy groups -OCH3 is 1. The van der Waals surface area contributed by atoms with Crippen LogP contribution in [0.3, 0.4) is 0 Å². The molecule has 0 aliphatic rings. The monoisotopic (exact) mass is 380 g/mol. The van der Waals surface area contributed by atoms with Gasteiger partial charge in [0.2, 0.25) is 0 Å². The Morgan fingerprint density at radius 1 is 1.00 bits per heavy atom. The number of rotatable bonds is 9. The van der Waals surface area contributed by atoms with Gasteiger partial charge in [0.05, 0.1) is 13.3 Å². The topological polar surface area (TPSA) is 70.8 Å². The molecule has 2 aromatic carbocycles. The van der Waals surface area contributed by atoms with Crippen LogP contribution in [0.2, 0.25) is 0 Å². The molecule has 0 saturated carbocycles. The van der Waals surface area contributed by atoms with E-state index in [0.29, 0.717) is 24.7 Å². The Bertz CT molecular complexity index is 923. The van der Waals surface area contributed by atoms with E-state index in [9.17, 15) is 0 Å². The molecule has 1 aromatic heterocycles.